The van der Waals surface area contributed by atoms with E-state index in [2.05, 4.69) is 10.4 Å². The molecule has 23 heavy (non-hydrogen) atoms. The number of rotatable bonds is 4. The lowest BCUT2D eigenvalue weighted by Crippen LogP contribution is -2.42. The van der Waals surface area contributed by atoms with Gasteiger partial charge >= 0.3 is 0 Å². The van der Waals surface area contributed by atoms with Crippen LogP contribution in [-0.4, -0.2) is 42.0 Å². The highest BCUT2D eigenvalue weighted by Gasteiger charge is 2.34. The van der Waals surface area contributed by atoms with Crippen molar-refractivity contribution in [1.82, 2.24) is 19.4 Å². The molecular formula is C15H18N4O3S. The highest BCUT2D eigenvalue weighted by atomic mass is 32.2. The van der Waals surface area contributed by atoms with Crippen LogP contribution in [0.15, 0.2) is 47.5 Å². The van der Waals surface area contributed by atoms with E-state index >= 15 is 0 Å². The number of aromatic nitrogens is 2. The number of carbonyl (C=O) groups excluding carboxylic acids is 1. The third-order valence-electron chi connectivity index (χ3n) is 3.93. The van der Waals surface area contributed by atoms with Crippen molar-refractivity contribution < 1.29 is 13.2 Å². The van der Waals surface area contributed by atoms with Crippen LogP contribution in [0.5, 0.6) is 0 Å². The number of hydrogen-bond acceptors (Lipinski definition) is 4. The fourth-order valence-electron chi connectivity index (χ4n) is 2.75. The van der Waals surface area contributed by atoms with Crippen LogP contribution in [0.4, 0.5) is 0 Å². The lowest BCUT2D eigenvalue weighted by Gasteiger charge is -2.32. The Labute approximate surface area is 135 Å². The third kappa shape index (κ3) is 2.99. The Kier molecular flexibility index (Phi) is 4.18. The molecule has 1 atom stereocenters. The normalized spacial score (nSPS) is 18.4. The highest BCUT2D eigenvalue weighted by molar-refractivity contribution is 7.89. The van der Waals surface area contributed by atoms with Crippen LogP contribution in [0.3, 0.4) is 0 Å². The predicted octanol–water partition coefficient (Wildman–Crippen LogP) is 0.765. The van der Waals surface area contributed by atoms with Gasteiger partial charge in [0.2, 0.25) is 15.9 Å². The smallest absolute Gasteiger partial charge is 0.243 e. The minimum atomic E-state index is -3.60. The molecule has 0 fully saturated rings. The average Bonchev–Trinajstić information content (AvgIpc) is 3.04. The van der Waals surface area contributed by atoms with E-state index in [1.807, 2.05) is 0 Å². The number of benzene rings is 1. The zero-order valence-corrected chi connectivity index (χ0v) is 13.5. The summed E-state index contributed by atoms with van der Waals surface area (Å²) in [4.78, 5) is 12.0. The molecule has 0 radical (unpaired) electrons. The van der Waals surface area contributed by atoms with E-state index in [0.29, 0.717) is 0 Å². The summed E-state index contributed by atoms with van der Waals surface area (Å²) in [5.41, 5.74) is 0.782. The maximum absolute atomic E-state index is 12.8. The Morgan fingerprint density at radius 2 is 2.04 bits per heavy atom. The number of hydrogen-bond donors (Lipinski definition) is 1. The van der Waals surface area contributed by atoms with Crippen LogP contribution >= 0.6 is 0 Å². The number of sulfonamides is 1. The Hall–Kier alpha value is -2.19. The van der Waals surface area contributed by atoms with Gasteiger partial charge in [0.1, 0.15) is 0 Å². The van der Waals surface area contributed by atoms with Gasteiger partial charge in [-0.2, -0.15) is 9.40 Å². The molecule has 0 spiro atoms. The topological polar surface area (TPSA) is 84.3 Å². The zero-order chi connectivity index (χ0) is 16.4. The predicted molar refractivity (Wildman–Crippen MR) is 84.0 cm³/mol. The van der Waals surface area contributed by atoms with Gasteiger partial charge in [0, 0.05) is 19.8 Å². The summed E-state index contributed by atoms with van der Waals surface area (Å²) in [5.74, 6) is -0.143. The van der Waals surface area contributed by atoms with Crippen molar-refractivity contribution in [2.75, 3.05) is 13.6 Å². The largest absolute Gasteiger partial charge is 0.359 e. The molecule has 2 aromatic rings. The van der Waals surface area contributed by atoms with E-state index in [9.17, 15) is 13.2 Å². The second kappa shape index (κ2) is 6.13. The molecule has 0 unspecified atom stereocenters. The molecule has 0 saturated carbocycles. The summed E-state index contributed by atoms with van der Waals surface area (Å²) in [5, 5.41) is 6.80. The number of nitrogens with zero attached hydrogens (tertiary/aromatic N) is 3. The Balaban J connectivity index is 1.92. The lowest BCUT2D eigenvalue weighted by molar-refractivity contribution is -0.121. The number of carbonyl (C=O) groups is 1. The number of amides is 1. The third-order valence-corrected chi connectivity index (χ3v) is 5.76. The molecule has 1 aliphatic rings. The molecule has 1 N–H and O–H groups in total. The van der Waals surface area contributed by atoms with Crippen LogP contribution in [0, 0.1) is 0 Å². The van der Waals surface area contributed by atoms with E-state index in [1.165, 1.54) is 4.31 Å². The van der Waals surface area contributed by atoms with E-state index in [1.54, 1.807) is 54.3 Å². The van der Waals surface area contributed by atoms with Crippen LogP contribution in [0.2, 0.25) is 0 Å². The minimum Gasteiger partial charge on any atom is -0.359 e. The summed E-state index contributed by atoms with van der Waals surface area (Å²) >= 11 is 0. The van der Waals surface area contributed by atoms with Gasteiger partial charge in [0.15, 0.2) is 0 Å². The van der Waals surface area contributed by atoms with Gasteiger partial charge in [0.25, 0.3) is 0 Å². The van der Waals surface area contributed by atoms with Crippen LogP contribution in [0.25, 0.3) is 0 Å². The second-order valence-corrected chi connectivity index (χ2v) is 7.35. The Bertz CT molecular complexity index is 801. The van der Waals surface area contributed by atoms with Crippen LogP contribution in [-0.2, 0) is 21.4 Å². The SMILES string of the molecule is CNC(=O)C[C@H]1CN(S(=O)(=O)c2ccccc2)Cc2ccnn21. The quantitative estimate of drug-likeness (QED) is 0.895. The van der Waals surface area contributed by atoms with E-state index in [4.69, 9.17) is 0 Å². The van der Waals surface area contributed by atoms with Crippen molar-refractivity contribution >= 4 is 15.9 Å². The molecule has 1 aliphatic heterocycles. The molecule has 2 heterocycles. The Morgan fingerprint density at radius 1 is 1.30 bits per heavy atom. The van der Waals surface area contributed by atoms with Crippen molar-refractivity contribution in [2.24, 2.45) is 0 Å². The first kappa shape index (κ1) is 15.7. The number of nitrogens with one attached hydrogen (secondary N) is 1. The summed E-state index contributed by atoms with van der Waals surface area (Å²) in [6.45, 7) is 0.473. The van der Waals surface area contributed by atoms with Crippen molar-refractivity contribution in [3.05, 3.63) is 48.3 Å². The molecule has 122 valence electrons. The van der Waals surface area contributed by atoms with Gasteiger partial charge in [-0.05, 0) is 18.2 Å². The maximum atomic E-state index is 12.8. The van der Waals surface area contributed by atoms with Crippen LogP contribution in [0.1, 0.15) is 18.2 Å². The lowest BCUT2D eigenvalue weighted by atomic mass is 10.1. The molecule has 8 heteroatoms. The maximum Gasteiger partial charge on any atom is 0.243 e. The molecular weight excluding hydrogens is 316 g/mol. The van der Waals surface area contributed by atoms with Gasteiger partial charge in [-0.15, -0.1) is 0 Å². The molecule has 1 aromatic heterocycles. The van der Waals surface area contributed by atoms with E-state index in [0.717, 1.165) is 5.69 Å². The Morgan fingerprint density at radius 3 is 2.74 bits per heavy atom. The average molecular weight is 334 g/mol. The van der Waals surface area contributed by atoms with Gasteiger partial charge in [-0.1, -0.05) is 18.2 Å². The molecule has 1 aromatic carbocycles. The highest BCUT2D eigenvalue weighted by Crippen LogP contribution is 2.27. The minimum absolute atomic E-state index is 0.143. The first-order valence-corrected chi connectivity index (χ1v) is 8.74. The van der Waals surface area contributed by atoms with Crippen molar-refractivity contribution in [3.8, 4) is 0 Å². The van der Waals surface area contributed by atoms with E-state index < -0.39 is 10.0 Å². The van der Waals surface area contributed by atoms with Gasteiger partial charge < -0.3 is 5.32 Å². The van der Waals surface area contributed by atoms with Crippen molar-refractivity contribution in [2.45, 2.75) is 23.9 Å². The standard InChI is InChI=1S/C15H18N4O3S/c1-16-15(20)9-13-11-18(10-12-7-8-17-19(12)13)23(21,22)14-5-3-2-4-6-14/h2-8,13H,9-11H2,1H3,(H,16,20)/t13-/m0/s1. The fourth-order valence-corrected chi connectivity index (χ4v) is 4.21. The molecule has 7 nitrogen and oxygen atoms in total. The summed E-state index contributed by atoms with van der Waals surface area (Å²) in [6.07, 6.45) is 1.82. The fraction of sp³-hybridized carbons (Fsp3) is 0.333. The van der Waals surface area contributed by atoms with Gasteiger partial charge in [0.05, 0.1) is 29.6 Å². The molecule has 0 aliphatic carbocycles. The number of fused-ring (bicyclic) bond motifs is 1. The molecule has 0 saturated heterocycles. The summed E-state index contributed by atoms with van der Waals surface area (Å²) in [7, 11) is -2.03. The summed E-state index contributed by atoms with van der Waals surface area (Å²) in [6, 6.07) is 9.80. The zero-order valence-electron chi connectivity index (χ0n) is 12.7. The summed E-state index contributed by atoms with van der Waals surface area (Å²) < 4.78 is 28.8. The van der Waals surface area contributed by atoms with Gasteiger partial charge in [-0.3, -0.25) is 9.48 Å². The van der Waals surface area contributed by atoms with Gasteiger partial charge in [-0.25, -0.2) is 8.42 Å². The van der Waals surface area contributed by atoms with Crippen molar-refractivity contribution in [1.29, 1.82) is 0 Å². The molecule has 3 rings (SSSR count). The van der Waals surface area contributed by atoms with E-state index in [-0.39, 0.29) is 36.4 Å². The molecule has 1 amide bonds. The van der Waals surface area contributed by atoms with Crippen LogP contribution < -0.4 is 5.32 Å². The molecule has 0 bridgehead atoms. The second-order valence-electron chi connectivity index (χ2n) is 5.41. The first-order chi connectivity index (χ1) is 11.0. The first-order valence-electron chi connectivity index (χ1n) is 7.30. The monoisotopic (exact) mass is 334 g/mol. The van der Waals surface area contributed by atoms with Crippen molar-refractivity contribution in [3.63, 3.8) is 0 Å².